The molecule has 121 valence electrons. The van der Waals surface area contributed by atoms with Gasteiger partial charge in [-0.15, -0.1) is 9.24 Å². The number of aromatic nitrogens is 1. The molecule has 1 fully saturated rings. The van der Waals surface area contributed by atoms with Crippen molar-refractivity contribution < 1.29 is 13.8 Å². The number of hydrogen-bond donors (Lipinski definition) is 0. The van der Waals surface area contributed by atoms with Gasteiger partial charge in [0.2, 0.25) is 0 Å². The second-order valence-electron chi connectivity index (χ2n) is 6.64. The minimum atomic E-state index is -0.392. The first-order chi connectivity index (χ1) is 10.2. The van der Waals surface area contributed by atoms with Crippen molar-refractivity contribution in [1.82, 2.24) is 4.98 Å². The normalized spacial score (nSPS) is 16.7. The number of morpholine rings is 1. The molecule has 1 unspecified atom stereocenters. The van der Waals surface area contributed by atoms with E-state index >= 15 is 0 Å². The summed E-state index contributed by atoms with van der Waals surface area (Å²) in [7, 11) is 4.35. The van der Waals surface area contributed by atoms with Crippen molar-refractivity contribution >= 4 is 28.0 Å². The van der Waals surface area contributed by atoms with E-state index in [-0.39, 0.29) is 11.0 Å². The Bertz CT molecular complexity index is 517. The first kappa shape index (κ1) is 17.6. The Balaban J connectivity index is 2.03. The second-order valence-corrected chi connectivity index (χ2v) is 8.08. The minimum absolute atomic E-state index is 0.108. The van der Waals surface area contributed by atoms with Crippen LogP contribution in [-0.4, -0.2) is 49.5 Å². The summed E-state index contributed by atoms with van der Waals surface area (Å²) < 4.78 is 25.4. The SMILES string of the molecule is CC(C)(P)C(C)(C)O[B]c1cnc(N2CCOCC2)c(F)c1. The lowest BCUT2D eigenvalue weighted by molar-refractivity contribution is 0.0840. The van der Waals surface area contributed by atoms with Gasteiger partial charge in [-0.2, -0.15) is 0 Å². The van der Waals surface area contributed by atoms with Crippen LogP contribution in [0.25, 0.3) is 0 Å². The molecule has 0 bridgehead atoms. The third-order valence-electron chi connectivity index (χ3n) is 4.19. The first-order valence-corrected chi connectivity index (χ1v) is 8.06. The zero-order chi connectivity index (χ0) is 16.4. The van der Waals surface area contributed by atoms with Crippen LogP contribution in [0.3, 0.4) is 0 Å². The number of anilines is 1. The molecule has 1 aliphatic heterocycles. The summed E-state index contributed by atoms with van der Waals surface area (Å²) in [5, 5.41) is -0.108. The van der Waals surface area contributed by atoms with Crippen LogP contribution < -0.4 is 10.4 Å². The van der Waals surface area contributed by atoms with E-state index in [0.29, 0.717) is 37.6 Å². The van der Waals surface area contributed by atoms with Gasteiger partial charge < -0.3 is 14.3 Å². The summed E-state index contributed by atoms with van der Waals surface area (Å²) in [5.74, 6) is 0.0493. The predicted molar refractivity (Wildman–Crippen MR) is 91.6 cm³/mol. The van der Waals surface area contributed by atoms with Crippen molar-refractivity contribution in [1.29, 1.82) is 0 Å². The maximum Gasteiger partial charge on any atom is 0.332 e. The summed E-state index contributed by atoms with van der Waals surface area (Å²) in [6.07, 6.45) is 1.64. The Labute approximate surface area is 135 Å². The molecule has 0 spiro atoms. The van der Waals surface area contributed by atoms with Gasteiger partial charge in [0, 0.05) is 24.4 Å². The zero-order valence-electron chi connectivity index (χ0n) is 13.7. The number of halogens is 1. The quantitative estimate of drug-likeness (QED) is 0.610. The number of nitrogens with zero attached hydrogens (tertiary/aromatic N) is 2. The van der Waals surface area contributed by atoms with Crippen LogP contribution in [0.4, 0.5) is 10.2 Å². The van der Waals surface area contributed by atoms with Crippen LogP contribution >= 0.6 is 9.24 Å². The van der Waals surface area contributed by atoms with E-state index in [1.807, 2.05) is 18.7 Å². The van der Waals surface area contributed by atoms with Crippen LogP contribution in [-0.2, 0) is 9.39 Å². The Hall–Kier alpha value is -0.705. The van der Waals surface area contributed by atoms with Crippen LogP contribution in [0.2, 0.25) is 0 Å². The molecular weight excluding hydrogens is 301 g/mol. The van der Waals surface area contributed by atoms with Gasteiger partial charge in [-0.05, 0) is 25.4 Å². The molecule has 0 aromatic carbocycles. The third kappa shape index (κ3) is 4.18. The topological polar surface area (TPSA) is 34.6 Å². The molecule has 1 atom stereocenters. The fourth-order valence-electron chi connectivity index (χ4n) is 1.89. The smallest absolute Gasteiger partial charge is 0.332 e. The van der Waals surface area contributed by atoms with Crippen LogP contribution in [0.5, 0.6) is 0 Å². The van der Waals surface area contributed by atoms with Gasteiger partial charge in [0.05, 0.1) is 18.8 Å². The summed E-state index contributed by atoms with van der Waals surface area (Å²) in [6, 6.07) is 1.46. The highest BCUT2D eigenvalue weighted by molar-refractivity contribution is 7.19. The van der Waals surface area contributed by atoms with Gasteiger partial charge in [0.1, 0.15) is 0 Å². The van der Waals surface area contributed by atoms with Gasteiger partial charge >= 0.3 is 7.48 Å². The highest BCUT2D eigenvalue weighted by Crippen LogP contribution is 2.33. The lowest BCUT2D eigenvalue weighted by atomic mass is 9.85. The van der Waals surface area contributed by atoms with E-state index in [0.717, 1.165) is 0 Å². The molecule has 0 amide bonds. The van der Waals surface area contributed by atoms with Gasteiger partial charge in [0.25, 0.3) is 0 Å². The molecular formula is C15H24BFN2O2P. The van der Waals surface area contributed by atoms with Crippen molar-refractivity contribution in [3.63, 3.8) is 0 Å². The molecule has 4 nitrogen and oxygen atoms in total. The molecule has 2 rings (SSSR count). The molecule has 1 aromatic heterocycles. The fourth-order valence-corrected chi connectivity index (χ4v) is 1.95. The Morgan fingerprint density at radius 1 is 1.32 bits per heavy atom. The number of pyridine rings is 1. The maximum atomic E-state index is 14.3. The van der Waals surface area contributed by atoms with E-state index in [4.69, 9.17) is 9.39 Å². The Kier molecular flexibility index (Phi) is 5.47. The van der Waals surface area contributed by atoms with Crippen LogP contribution in [0, 0.1) is 5.82 Å². The van der Waals surface area contributed by atoms with E-state index in [2.05, 4.69) is 28.1 Å². The van der Waals surface area contributed by atoms with E-state index in [1.54, 1.807) is 13.7 Å². The molecule has 1 radical (unpaired) electrons. The summed E-state index contributed by atoms with van der Waals surface area (Å²) >= 11 is 0. The summed E-state index contributed by atoms with van der Waals surface area (Å²) in [4.78, 5) is 6.15. The average molecular weight is 325 g/mol. The molecule has 1 aromatic rings. The molecule has 0 aliphatic carbocycles. The Morgan fingerprint density at radius 2 is 1.95 bits per heavy atom. The van der Waals surface area contributed by atoms with Gasteiger partial charge in [-0.1, -0.05) is 13.8 Å². The van der Waals surface area contributed by atoms with Crippen molar-refractivity contribution in [3.8, 4) is 0 Å². The highest BCUT2D eigenvalue weighted by atomic mass is 31.0. The molecule has 22 heavy (non-hydrogen) atoms. The molecule has 7 heteroatoms. The van der Waals surface area contributed by atoms with Crippen LogP contribution in [0.15, 0.2) is 12.3 Å². The number of hydrogen-bond acceptors (Lipinski definition) is 4. The molecule has 1 saturated heterocycles. The fraction of sp³-hybridized carbons (Fsp3) is 0.667. The summed E-state index contributed by atoms with van der Waals surface area (Å²) in [6.45, 7) is 10.7. The molecule has 2 heterocycles. The summed E-state index contributed by atoms with van der Waals surface area (Å²) in [5.41, 5.74) is 0.230. The highest BCUT2D eigenvalue weighted by Gasteiger charge is 2.33. The second kappa shape index (κ2) is 6.82. The predicted octanol–water partition coefficient (Wildman–Crippen LogP) is 1.75. The van der Waals surface area contributed by atoms with E-state index < -0.39 is 5.60 Å². The monoisotopic (exact) mass is 325 g/mol. The van der Waals surface area contributed by atoms with Gasteiger partial charge in [-0.3, -0.25) is 0 Å². The lowest BCUT2D eigenvalue weighted by Gasteiger charge is -2.39. The molecule has 0 saturated carbocycles. The zero-order valence-corrected chi connectivity index (χ0v) is 14.9. The van der Waals surface area contributed by atoms with Gasteiger partial charge in [-0.25, -0.2) is 9.37 Å². The van der Waals surface area contributed by atoms with Crippen molar-refractivity contribution in [2.45, 2.75) is 38.5 Å². The Morgan fingerprint density at radius 3 is 2.50 bits per heavy atom. The third-order valence-corrected chi connectivity index (χ3v) is 4.89. The molecule has 0 N–H and O–H groups in total. The largest absolute Gasteiger partial charge is 0.429 e. The van der Waals surface area contributed by atoms with Crippen molar-refractivity contribution in [3.05, 3.63) is 18.1 Å². The maximum absolute atomic E-state index is 14.3. The standard InChI is InChI=1S/C15H24BFN2O2P/c1-14(2,15(3,4)22)21-16-11-9-12(17)13(18-10-11)19-5-7-20-8-6-19/h9-10H,5-8,22H2,1-4H3. The first-order valence-electron chi connectivity index (χ1n) is 7.49. The van der Waals surface area contributed by atoms with Gasteiger partial charge in [0.15, 0.2) is 11.6 Å². The molecule has 1 aliphatic rings. The van der Waals surface area contributed by atoms with Crippen molar-refractivity contribution in [2.75, 3.05) is 31.2 Å². The van der Waals surface area contributed by atoms with Crippen LogP contribution in [0.1, 0.15) is 27.7 Å². The van der Waals surface area contributed by atoms with E-state index in [1.165, 1.54) is 6.07 Å². The number of ether oxygens (including phenoxy) is 1. The number of rotatable bonds is 5. The minimum Gasteiger partial charge on any atom is -0.429 e. The average Bonchev–Trinajstić information content (AvgIpc) is 2.45. The lowest BCUT2D eigenvalue weighted by Crippen LogP contribution is -2.45. The van der Waals surface area contributed by atoms with Crippen molar-refractivity contribution in [2.24, 2.45) is 0 Å². The van der Waals surface area contributed by atoms with E-state index in [9.17, 15) is 4.39 Å².